The summed E-state index contributed by atoms with van der Waals surface area (Å²) in [5.74, 6) is 0.00982. The first-order valence-electron chi connectivity index (χ1n) is 8.66. The van der Waals surface area contributed by atoms with Gasteiger partial charge in [-0.15, -0.1) is 22.7 Å². The first-order chi connectivity index (χ1) is 13.0. The Bertz CT molecular complexity index is 889. The van der Waals surface area contributed by atoms with Gasteiger partial charge in [0.1, 0.15) is 0 Å². The molecule has 0 saturated carbocycles. The highest BCUT2D eigenvalue weighted by atomic mass is 32.1. The van der Waals surface area contributed by atoms with Crippen molar-refractivity contribution in [3.8, 4) is 0 Å². The van der Waals surface area contributed by atoms with Crippen LogP contribution < -0.4 is 10.6 Å². The molecule has 27 heavy (non-hydrogen) atoms. The third-order valence-corrected chi connectivity index (χ3v) is 5.74. The van der Waals surface area contributed by atoms with Gasteiger partial charge in [-0.25, -0.2) is 4.98 Å². The van der Waals surface area contributed by atoms with Crippen LogP contribution in [-0.4, -0.2) is 16.8 Å². The number of hydrogen-bond donors (Lipinski definition) is 2. The Balaban J connectivity index is 1.58. The predicted molar refractivity (Wildman–Crippen MR) is 110 cm³/mol. The van der Waals surface area contributed by atoms with Gasteiger partial charge in [-0.05, 0) is 29.5 Å². The zero-order chi connectivity index (χ0) is 19.2. The summed E-state index contributed by atoms with van der Waals surface area (Å²) in [6.45, 7) is 4.18. The molecule has 0 aliphatic rings. The lowest BCUT2D eigenvalue weighted by atomic mass is 10.0. The molecule has 0 saturated heterocycles. The van der Waals surface area contributed by atoms with Crippen molar-refractivity contribution in [1.82, 2.24) is 10.3 Å². The second-order valence-electron chi connectivity index (χ2n) is 6.45. The van der Waals surface area contributed by atoms with Crippen molar-refractivity contribution >= 4 is 39.6 Å². The van der Waals surface area contributed by atoms with E-state index in [1.54, 1.807) is 28.8 Å². The van der Waals surface area contributed by atoms with Crippen LogP contribution in [0.2, 0.25) is 0 Å². The van der Waals surface area contributed by atoms with Crippen LogP contribution >= 0.6 is 22.7 Å². The largest absolute Gasteiger partial charge is 0.348 e. The number of benzene rings is 1. The predicted octanol–water partition coefficient (Wildman–Crippen LogP) is 4.51. The van der Waals surface area contributed by atoms with Gasteiger partial charge in [0.25, 0.3) is 5.91 Å². The van der Waals surface area contributed by atoms with Crippen molar-refractivity contribution in [2.45, 2.75) is 26.3 Å². The molecule has 1 atom stereocenters. The highest BCUT2D eigenvalue weighted by Gasteiger charge is 2.20. The average molecular weight is 400 g/mol. The Morgan fingerprint density at radius 3 is 2.52 bits per heavy atom. The van der Waals surface area contributed by atoms with Gasteiger partial charge in [0.15, 0.2) is 5.13 Å². The zero-order valence-electron chi connectivity index (χ0n) is 15.1. The summed E-state index contributed by atoms with van der Waals surface area (Å²) in [6.07, 6.45) is 0.187. The topological polar surface area (TPSA) is 71.1 Å². The van der Waals surface area contributed by atoms with Crippen molar-refractivity contribution in [3.63, 3.8) is 0 Å². The smallest absolute Gasteiger partial charge is 0.257 e. The first-order valence-corrected chi connectivity index (χ1v) is 10.4. The summed E-state index contributed by atoms with van der Waals surface area (Å²) in [6, 6.07) is 13.0. The minimum Gasteiger partial charge on any atom is -0.348 e. The molecule has 0 aliphatic heterocycles. The molecule has 0 spiro atoms. The van der Waals surface area contributed by atoms with E-state index in [9.17, 15) is 9.59 Å². The highest BCUT2D eigenvalue weighted by molar-refractivity contribution is 7.14. The third-order valence-electron chi connectivity index (χ3n) is 3.98. The summed E-state index contributed by atoms with van der Waals surface area (Å²) in [4.78, 5) is 30.1. The lowest BCUT2D eigenvalue weighted by molar-refractivity contribution is -0.121. The van der Waals surface area contributed by atoms with E-state index in [1.165, 1.54) is 11.3 Å². The van der Waals surface area contributed by atoms with E-state index >= 15 is 0 Å². The molecule has 2 N–H and O–H groups in total. The number of carbonyl (C=O) groups excluding carboxylic acids is 2. The maximum Gasteiger partial charge on any atom is 0.257 e. The lowest BCUT2D eigenvalue weighted by Crippen LogP contribution is -2.32. The average Bonchev–Trinajstić information content (AvgIpc) is 3.32. The molecule has 0 bridgehead atoms. The van der Waals surface area contributed by atoms with Gasteiger partial charge in [-0.1, -0.05) is 38.1 Å². The van der Waals surface area contributed by atoms with Crippen LogP contribution in [0.15, 0.2) is 53.2 Å². The molecule has 3 aromatic rings. The molecule has 0 fully saturated rings. The van der Waals surface area contributed by atoms with Crippen molar-refractivity contribution < 1.29 is 9.59 Å². The minimum absolute atomic E-state index is 0.00612. The lowest BCUT2D eigenvalue weighted by Gasteiger charge is -2.21. The van der Waals surface area contributed by atoms with Crippen LogP contribution in [-0.2, 0) is 11.2 Å². The second-order valence-corrected chi connectivity index (χ2v) is 8.28. The second kappa shape index (κ2) is 8.92. The summed E-state index contributed by atoms with van der Waals surface area (Å²) in [5.41, 5.74) is 1.22. The van der Waals surface area contributed by atoms with Crippen LogP contribution in [0.25, 0.3) is 0 Å². The van der Waals surface area contributed by atoms with E-state index in [-0.39, 0.29) is 24.3 Å². The summed E-state index contributed by atoms with van der Waals surface area (Å²) in [5, 5.41) is 10.2. The van der Waals surface area contributed by atoms with Crippen molar-refractivity contribution in [2.24, 2.45) is 5.92 Å². The Morgan fingerprint density at radius 2 is 1.85 bits per heavy atom. The summed E-state index contributed by atoms with van der Waals surface area (Å²) < 4.78 is 0. The van der Waals surface area contributed by atoms with E-state index in [1.807, 2.05) is 35.7 Å². The first kappa shape index (κ1) is 19.3. The Kier molecular flexibility index (Phi) is 6.36. The van der Waals surface area contributed by atoms with E-state index in [2.05, 4.69) is 29.5 Å². The number of hydrogen-bond acceptors (Lipinski definition) is 5. The summed E-state index contributed by atoms with van der Waals surface area (Å²) in [7, 11) is 0. The fourth-order valence-electron chi connectivity index (χ4n) is 2.63. The van der Waals surface area contributed by atoms with Crippen molar-refractivity contribution in [2.75, 3.05) is 5.32 Å². The number of rotatable bonds is 7. The fourth-order valence-corrected chi connectivity index (χ4v) is 4.28. The molecule has 0 unspecified atom stereocenters. The summed E-state index contributed by atoms with van der Waals surface area (Å²) >= 11 is 2.96. The van der Waals surface area contributed by atoms with Crippen molar-refractivity contribution in [1.29, 1.82) is 0 Å². The molecular formula is C20H21N3O2S2. The van der Waals surface area contributed by atoms with Gasteiger partial charge >= 0.3 is 0 Å². The Morgan fingerprint density at radius 1 is 1.07 bits per heavy atom. The number of nitrogens with one attached hydrogen (secondary N) is 2. The monoisotopic (exact) mass is 399 g/mol. The molecule has 1 aromatic carbocycles. The number of aromatic nitrogens is 1. The number of amides is 2. The maximum atomic E-state index is 12.4. The van der Waals surface area contributed by atoms with Gasteiger partial charge in [-0.3, -0.25) is 14.9 Å². The standard InChI is InChI=1S/C20H21N3O2S2/c1-13(2)18(16-9-6-10-26-16)22-17(24)11-15-12-27-20(21-15)23-19(25)14-7-4-3-5-8-14/h3-10,12-13,18H,11H2,1-2H3,(H,22,24)(H,21,23,25)/t18-/m0/s1. The van der Waals surface area contributed by atoms with E-state index < -0.39 is 0 Å². The van der Waals surface area contributed by atoms with E-state index in [4.69, 9.17) is 0 Å². The van der Waals surface area contributed by atoms with Crippen LogP contribution in [0.1, 0.15) is 40.8 Å². The zero-order valence-corrected chi connectivity index (χ0v) is 16.8. The van der Waals surface area contributed by atoms with E-state index in [0.717, 1.165) is 4.88 Å². The van der Waals surface area contributed by atoms with Crippen molar-refractivity contribution in [3.05, 3.63) is 69.4 Å². The van der Waals surface area contributed by atoms with Gasteiger partial charge in [0.05, 0.1) is 18.2 Å². The maximum absolute atomic E-state index is 12.4. The Hall–Kier alpha value is -2.51. The normalized spacial score (nSPS) is 12.0. The quantitative estimate of drug-likeness (QED) is 0.614. The van der Waals surface area contributed by atoms with Gasteiger partial charge in [0, 0.05) is 15.8 Å². The number of nitrogens with zero attached hydrogens (tertiary/aromatic N) is 1. The molecule has 5 nitrogen and oxygen atoms in total. The third kappa shape index (κ3) is 5.24. The van der Waals surface area contributed by atoms with E-state index in [0.29, 0.717) is 22.3 Å². The molecule has 140 valence electrons. The molecule has 2 amide bonds. The van der Waals surface area contributed by atoms with Gasteiger partial charge < -0.3 is 5.32 Å². The van der Waals surface area contributed by atoms with Gasteiger partial charge in [0.2, 0.25) is 5.91 Å². The SMILES string of the molecule is CC(C)[C@H](NC(=O)Cc1csc(NC(=O)c2ccccc2)n1)c1cccs1. The van der Waals surface area contributed by atoms with Crippen LogP contribution in [0.5, 0.6) is 0 Å². The molecule has 3 rings (SSSR count). The number of carbonyl (C=O) groups is 2. The molecule has 2 aromatic heterocycles. The van der Waals surface area contributed by atoms with Crippen LogP contribution in [0, 0.1) is 5.92 Å². The molecule has 0 aliphatic carbocycles. The number of thiophene rings is 1. The minimum atomic E-state index is -0.210. The molecule has 7 heteroatoms. The van der Waals surface area contributed by atoms with Crippen LogP contribution in [0.3, 0.4) is 0 Å². The fraction of sp³-hybridized carbons (Fsp3) is 0.250. The number of anilines is 1. The molecule has 0 radical (unpaired) electrons. The molecule has 2 heterocycles. The van der Waals surface area contributed by atoms with Crippen LogP contribution in [0.4, 0.5) is 5.13 Å². The number of thiazole rings is 1. The molecular weight excluding hydrogens is 378 g/mol. The Labute approximate surface area is 166 Å². The van der Waals surface area contributed by atoms with Gasteiger partial charge in [-0.2, -0.15) is 0 Å². The highest BCUT2D eigenvalue weighted by Crippen LogP contribution is 2.26.